The van der Waals surface area contributed by atoms with Crippen LogP contribution in [0.3, 0.4) is 0 Å². The van der Waals surface area contributed by atoms with Crippen molar-refractivity contribution in [1.82, 2.24) is 4.98 Å². The van der Waals surface area contributed by atoms with E-state index in [0.29, 0.717) is 20.9 Å². The van der Waals surface area contributed by atoms with Crippen molar-refractivity contribution in [3.05, 3.63) is 69.8 Å². The molecule has 0 fully saturated rings. The highest BCUT2D eigenvalue weighted by Crippen LogP contribution is 2.24. The maximum absolute atomic E-state index is 13.8. The van der Waals surface area contributed by atoms with Crippen LogP contribution in [0.5, 0.6) is 0 Å². The minimum atomic E-state index is -0.596. The highest BCUT2D eigenvalue weighted by Gasteiger charge is 2.18. The molecule has 100 valence electrons. The molecular formula is C15H8BrF2NO. The van der Waals surface area contributed by atoms with Crippen molar-refractivity contribution in [1.29, 1.82) is 0 Å². The summed E-state index contributed by atoms with van der Waals surface area (Å²) < 4.78 is 27.5. The van der Waals surface area contributed by atoms with Gasteiger partial charge in [0, 0.05) is 27.1 Å². The summed E-state index contributed by atoms with van der Waals surface area (Å²) in [4.78, 5) is 15.2. The number of hydrogen-bond acceptors (Lipinski definition) is 1. The van der Waals surface area contributed by atoms with Crippen LogP contribution < -0.4 is 0 Å². The number of nitrogens with one attached hydrogen (secondary N) is 1. The van der Waals surface area contributed by atoms with Crippen molar-refractivity contribution in [3.63, 3.8) is 0 Å². The van der Waals surface area contributed by atoms with Gasteiger partial charge in [-0.25, -0.2) is 8.78 Å². The summed E-state index contributed by atoms with van der Waals surface area (Å²) >= 11 is 3.14. The first-order valence-electron chi connectivity index (χ1n) is 5.82. The normalized spacial score (nSPS) is 10.9. The number of hydrogen-bond donors (Lipinski definition) is 1. The lowest BCUT2D eigenvalue weighted by atomic mass is 10.0. The van der Waals surface area contributed by atoms with Gasteiger partial charge < -0.3 is 4.98 Å². The summed E-state index contributed by atoms with van der Waals surface area (Å²) in [6, 6.07) is 8.33. The number of fused-ring (bicyclic) bond motifs is 1. The Morgan fingerprint density at radius 3 is 2.60 bits per heavy atom. The third kappa shape index (κ3) is 2.14. The molecule has 0 unspecified atom stereocenters. The van der Waals surface area contributed by atoms with E-state index in [9.17, 15) is 13.6 Å². The van der Waals surface area contributed by atoms with Crippen molar-refractivity contribution in [2.24, 2.45) is 0 Å². The maximum Gasteiger partial charge on any atom is 0.198 e. The molecule has 1 heterocycles. The first kappa shape index (κ1) is 13.0. The second-order valence-electron chi connectivity index (χ2n) is 4.35. The molecule has 0 spiro atoms. The number of ketones is 1. The van der Waals surface area contributed by atoms with Crippen LogP contribution in [0.4, 0.5) is 8.78 Å². The van der Waals surface area contributed by atoms with E-state index < -0.39 is 17.4 Å². The quantitative estimate of drug-likeness (QED) is 0.690. The number of H-pyrrole nitrogens is 1. The zero-order valence-electron chi connectivity index (χ0n) is 10.1. The van der Waals surface area contributed by atoms with Crippen LogP contribution in [-0.2, 0) is 0 Å². The van der Waals surface area contributed by atoms with E-state index in [0.717, 1.165) is 0 Å². The molecule has 0 aliphatic carbocycles. The predicted molar refractivity (Wildman–Crippen MR) is 75.8 cm³/mol. The molecule has 0 aliphatic heterocycles. The maximum atomic E-state index is 13.8. The molecule has 1 aromatic heterocycles. The van der Waals surface area contributed by atoms with Gasteiger partial charge >= 0.3 is 0 Å². The smallest absolute Gasteiger partial charge is 0.198 e. The summed E-state index contributed by atoms with van der Waals surface area (Å²) in [6.07, 6.45) is 1.47. The van der Waals surface area contributed by atoms with Crippen LogP contribution in [0.1, 0.15) is 15.9 Å². The zero-order valence-corrected chi connectivity index (χ0v) is 11.7. The van der Waals surface area contributed by atoms with Crippen LogP contribution in [0.15, 0.2) is 47.1 Å². The molecule has 1 N–H and O–H groups in total. The van der Waals surface area contributed by atoms with Gasteiger partial charge in [-0.3, -0.25) is 4.79 Å². The van der Waals surface area contributed by atoms with E-state index >= 15 is 0 Å². The molecule has 0 atom stereocenters. The van der Waals surface area contributed by atoms with Crippen molar-refractivity contribution < 1.29 is 13.6 Å². The second kappa shape index (κ2) is 4.83. The lowest BCUT2D eigenvalue weighted by Crippen LogP contribution is -2.03. The molecule has 0 amide bonds. The van der Waals surface area contributed by atoms with Gasteiger partial charge in [-0.1, -0.05) is 15.9 Å². The fourth-order valence-corrected chi connectivity index (χ4v) is 2.44. The number of carbonyl (C=O) groups is 1. The predicted octanol–water partition coefficient (Wildman–Crippen LogP) is 4.44. The lowest BCUT2D eigenvalue weighted by Gasteiger charge is -2.02. The Labute approximate surface area is 121 Å². The molecule has 0 saturated carbocycles. The Bertz CT molecular complexity index is 826. The minimum absolute atomic E-state index is 0.0153. The number of aromatic amines is 1. The standard InChI is InChI=1S/C15H8BrF2NO/c16-8-1-3-11(13(18)5-8)15(20)12-7-19-14-6-9(17)2-4-10(12)14/h1-7,19H. The summed E-state index contributed by atoms with van der Waals surface area (Å²) in [6.45, 7) is 0. The summed E-state index contributed by atoms with van der Waals surface area (Å²) in [5, 5.41) is 0.568. The Balaban J connectivity index is 2.13. The molecule has 0 aliphatic rings. The highest BCUT2D eigenvalue weighted by molar-refractivity contribution is 9.10. The minimum Gasteiger partial charge on any atom is -0.360 e. The fourth-order valence-electron chi connectivity index (χ4n) is 2.10. The van der Waals surface area contributed by atoms with E-state index in [1.165, 1.54) is 36.5 Å². The SMILES string of the molecule is O=C(c1ccc(Br)cc1F)c1c[nH]c2cc(F)ccc12. The Hall–Kier alpha value is -2.01. The number of aromatic nitrogens is 1. The first-order chi connectivity index (χ1) is 9.56. The lowest BCUT2D eigenvalue weighted by molar-refractivity contribution is 0.103. The molecule has 0 bridgehead atoms. The van der Waals surface area contributed by atoms with Crippen LogP contribution in [0.25, 0.3) is 10.9 Å². The molecule has 0 radical (unpaired) electrons. The van der Waals surface area contributed by atoms with E-state index in [1.807, 2.05) is 0 Å². The zero-order chi connectivity index (χ0) is 14.3. The van der Waals surface area contributed by atoms with Gasteiger partial charge in [0.25, 0.3) is 0 Å². The van der Waals surface area contributed by atoms with Crippen molar-refractivity contribution in [3.8, 4) is 0 Å². The highest BCUT2D eigenvalue weighted by atomic mass is 79.9. The van der Waals surface area contributed by atoms with Gasteiger partial charge in [0.2, 0.25) is 0 Å². The monoisotopic (exact) mass is 335 g/mol. The molecule has 3 aromatic rings. The van der Waals surface area contributed by atoms with Crippen molar-refractivity contribution in [2.75, 3.05) is 0 Å². The molecule has 20 heavy (non-hydrogen) atoms. The van der Waals surface area contributed by atoms with Gasteiger partial charge in [0.1, 0.15) is 11.6 Å². The largest absolute Gasteiger partial charge is 0.360 e. The van der Waals surface area contributed by atoms with E-state index in [2.05, 4.69) is 20.9 Å². The van der Waals surface area contributed by atoms with Gasteiger partial charge in [0.15, 0.2) is 5.78 Å². The third-order valence-corrected chi connectivity index (χ3v) is 3.56. The van der Waals surface area contributed by atoms with E-state index in [4.69, 9.17) is 0 Å². The molecule has 3 rings (SSSR count). The summed E-state index contributed by atoms with van der Waals surface area (Å²) in [5.74, 6) is -1.43. The number of benzene rings is 2. The molecule has 2 nitrogen and oxygen atoms in total. The number of halogens is 3. The van der Waals surface area contributed by atoms with Gasteiger partial charge in [-0.05, 0) is 36.4 Å². The van der Waals surface area contributed by atoms with E-state index in [1.54, 1.807) is 6.07 Å². The van der Waals surface area contributed by atoms with Crippen LogP contribution >= 0.6 is 15.9 Å². The summed E-state index contributed by atoms with van der Waals surface area (Å²) in [5.41, 5.74) is 0.811. The summed E-state index contributed by atoms with van der Waals surface area (Å²) in [7, 11) is 0. The van der Waals surface area contributed by atoms with Crippen LogP contribution in [0, 0.1) is 11.6 Å². The van der Waals surface area contributed by atoms with Crippen LogP contribution in [-0.4, -0.2) is 10.8 Å². The van der Waals surface area contributed by atoms with Crippen LogP contribution in [0.2, 0.25) is 0 Å². The average molecular weight is 336 g/mol. The second-order valence-corrected chi connectivity index (χ2v) is 5.26. The first-order valence-corrected chi connectivity index (χ1v) is 6.62. The van der Waals surface area contributed by atoms with Gasteiger partial charge in [-0.15, -0.1) is 0 Å². The Morgan fingerprint density at radius 1 is 1.05 bits per heavy atom. The number of carbonyl (C=O) groups excluding carboxylic acids is 1. The average Bonchev–Trinajstić information content (AvgIpc) is 2.80. The third-order valence-electron chi connectivity index (χ3n) is 3.06. The Kier molecular flexibility index (Phi) is 3.14. The molecule has 2 aromatic carbocycles. The fraction of sp³-hybridized carbons (Fsp3) is 0. The molecular weight excluding hydrogens is 328 g/mol. The van der Waals surface area contributed by atoms with Gasteiger partial charge in [0.05, 0.1) is 5.56 Å². The van der Waals surface area contributed by atoms with E-state index in [-0.39, 0.29) is 5.56 Å². The Morgan fingerprint density at radius 2 is 1.85 bits per heavy atom. The topological polar surface area (TPSA) is 32.9 Å². The molecule has 0 saturated heterocycles. The van der Waals surface area contributed by atoms with Crippen molar-refractivity contribution in [2.45, 2.75) is 0 Å². The number of rotatable bonds is 2. The molecule has 5 heteroatoms. The van der Waals surface area contributed by atoms with Gasteiger partial charge in [-0.2, -0.15) is 0 Å². The van der Waals surface area contributed by atoms with Crippen molar-refractivity contribution >= 4 is 32.6 Å².